The Morgan fingerprint density at radius 1 is 0.829 bits per heavy atom. The van der Waals surface area contributed by atoms with Crippen molar-refractivity contribution in [3.05, 3.63) is 78.4 Å². The molecule has 0 amide bonds. The van der Waals surface area contributed by atoms with Gasteiger partial charge in [-0.15, -0.1) is 10.2 Å². The summed E-state index contributed by atoms with van der Waals surface area (Å²) in [5, 5.41) is 18.7. The SMILES string of the molecule is CCC(C)(C)c1ccc(Oc2ccccc2N=Nc2c(S(=O)(=O)O)cc3cc(S(=O)(=O)O)ccc3c2O)cc1.[Na].[Na]. The summed E-state index contributed by atoms with van der Waals surface area (Å²) in [6.07, 6.45) is 0.964. The first kappa shape index (κ1) is 35.4. The molecule has 14 heteroatoms. The second kappa shape index (κ2) is 13.6. The van der Waals surface area contributed by atoms with E-state index in [0.717, 1.165) is 30.2 Å². The first-order chi connectivity index (χ1) is 18.2. The van der Waals surface area contributed by atoms with E-state index in [9.17, 15) is 31.0 Å². The van der Waals surface area contributed by atoms with Gasteiger partial charge in [0.2, 0.25) is 0 Å². The maximum absolute atomic E-state index is 12.1. The molecule has 0 bridgehead atoms. The van der Waals surface area contributed by atoms with Crippen LogP contribution in [0.2, 0.25) is 0 Å². The van der Waals surface area contributed by atoms with E-state index in [2.05, 4.69) is 31.0 Å². The van der Waals surface area contributed by atoms with Crippen LogP contribution in [-0.2, 0) is 25.7 Å². The minimum Gasteiger partial charge on any atom is -0.505 e. The normalized spacial score (nSPS) is 12.1. The summed E-state index contributed by atoms with van der Waals surface area (Å²) in [5.74, 6) is 0.170. The van der Waals surface area contributed by atoms with Crippen LogP contribution < -0.4 is 4.74 Å². The summed E-state index contributed by atoms with van der Waals surface area (Å²) in [6.45, 7) is 6.41. The molecule has 4 aromatic carbocycles. The Balaban J connectivity index is 0.00000294. The first-order valence-electron chi connectivity index (χ1n) is 11.7. The molecule has 3 N–H and O–H groups in total. The fourth-order valence-electron chi connectivity index (χ4n) is 3.82. The van der Waals surface area contributed by atoms with Crippen LogP contribution in [0.4, 0.5) is 11.4 Å². The summed E-state index contributed by atoms with van der Waals surface area (Å²) in [4.78, 5) is -1.33. The number of phenolic OH excluding ortho intramolecular Hbond substituents is 1. The summed E-state index contributed by atoms with van der Waals surface area (Å²) in [6, 6.07) is 18.3. The molecule has 0 saturated heterocycles. The molecule has 4 aromatic rings. The predicted octanol–water partition coefficient (Wildman–Crippen LogP) is 6.17. The zero-order chi connectivity index (χ0) is 28.6. The molecule has 0 unspecified atom stereocenters. The Morgan fingerprint density at radius 3 is 2.05 bits per heavy atom. The van der Waals surface area contributed by atoms with Crippen molar-refractivity contribution < 1.29 is 35.8 Å². The molecule has 0 fully saturated rings. The molecule has 41 heavy (non-hydrogen) atoms. The number of rotatable bonds is 8. The monoisotopic (exact) mass is 616 g/mol. The number of para-hydroxylation sites is 1. The van der Waals surface area contributed by atoms with Gasteiger partial charge >= 0.3 is 0 Å². The summed E-state index contributed by atoms with van der Waals surface area (Å²) >= 11 is 0. The Labute approximate surface area is 282 Å². The van der Waals surface area contributed by atoms with E-state index >= 15 is 0 Å². The standard InChI is InChI=1S/C27H26N2O8S2.2Na/c1-4-27(2,3)18-9-11-19(12-10-18)37-23-8-6-5-7-22(23)28-29-25-24(39(34,35)36)16-17-15-20(38(31,32)33)13-14-21(17)26(25)30;;/h5-16,30H,4H2,1-3H3,(H,31,32,33)(H,34,35,36);;. The minimum absolute atomic E-state index is 0. The topological polar surface area (TPSA) is 163 Å². The Hall–Kier alpha value is -1.84. The van der Waals surface area contributed by atoms with Crippen LogP contribution in [0.3, 0.4) is 0 Å². The molecule has 4 rings (SSSR count). The zero-order valence-electron chi connectivity index (χ0n) is 23.2. The van der Waals surface area contributed by atoms with Crippen LogP contribution in [0, 0.1) is 0 Å². The van der Waals surface area contributed by atoms with Gasteiger partial charge in [-0.25, -0.2) is 0 Å². The number of nitrogens with zero attached hydrogens (tertiary/aromatic N) is 2. The fourth-order valence-corrected chi connectivity index (χ4v) is 4.99. The average Bonchev–Trinajstić information content (AvgIpc) is 2.88. The van der Waals surface area contributed by atoms with E-state index in [1.54, 1.807) is 24.3 Å². The van der Waals surface area contributed by atoms with E-state index in [1.165, 1.54) is 6.07 Å². The third-order valence-electron chi connectivity index (χ3n) is 6.47. The van der Waals surface area contributed by atoms with Crippen molar-refractivity contribution in [3.63, 3.8) is 0 Å². The van der Waals surface area contributed by atoms with E-state index < -0.39 is 41.5 Å². The molecule has 0 aliphatic heterocycles. The van der Waals surface area contributed by atoms with Crippen molar-refractivity contribution in [1.29, 1.82) is 0 Å². The molecule has 0 heterocycles. The number of hydrogen-bond donors (Lipinski definition) is 3. The van der Waals surface area contributed by atoms with Gasteiger partial charge in [0.25, 0.3) is 20.2 Å². The second-order valence-corrected chi connectivity index (χ2v) is 12.2. The number of phenols is 1. The molecular weight excluding hydrogens is 590 g/mol. The number of azo groups is 1. The third kappa shape index (κ3) is 8.17. The predicted molar refractivity (Wildman–Crippen MR) is 157 cm³/mol. The number of hydrogen-bond acceptors (Lipinski definition) is 8. The van der Waals surface area contributed by atoms with E-state index in [-0.39, 0.29) is 81.0 Å². The Bertz CT molecular complexity index is 1810. The second-order valence-electron chi connectivity index (χ2n) is 9.44. The number of fused-ring (bicyclic) bond motifs is 1. The van der Waals surface area contributed by atoms with E-state index in [0.29, 0.717) is 11.5 Å². The van der Waals surface area contributed by atoms with Crippen molar-refractivity contribution in [2.45, 2.75) is 42.4 Å². The Kier molecular flexibility index (Phi) is 11.8. The molecule has 10 nitrogen and oxygen atoms in total. The van der Waals surface area contributed by atoms with Gasteiger partial charge in [0.15, 0.2) is 11.5 Å². The maximum atomic E-state index is 12.1. The number of benzene rings is 4. The molecule has 0 aliphatic rings. The smallest absolute Gasteiger partial charge is 0.296 e. The Morgan fingerprint density at radius 2 is 1.46 bits per heavy atom. The minimum atomic E-state index is -4.93. The van der Waals surface area contributed by atoms with Crippen LogP contribution >= 0.6 is 0 Å². The quantitative estimate of drug-likeness (QED) is 0.120. The molecule has 0 saturated carbocycles. The van der Waals surface area contributed by atoms with Crippen molar-refractivity contribution in [2.24, 2.45) is 10.2 Å². The summed E-state index contributed by atoms with van der Waals surface area (Å²) in [5.41, 5.74) is 0.799. The van der Waals surface area contributed by atoms with E-state index in [1.807, 2.05) is 24.3 Å². The summed E-state index contributed by atoms with van der Waals surface area (Å²) < 4.78 is 72.3. The van der Waals surface area contributed by atoms with Gasteiger partial charge < -0.3 is 9.84 Å². The number of aromatic hydroxyl groups is 1. The van der Waals surface area contributed by atoms with Gasteiger partial charge in [-0.3, -0.25) is 9.11 Å². The van der Waals surface area contributed by atoms with Gasteiger partial charge in [-0.05, 0) is 71.3 Å². The summed E-state index contributed by atoms with van der Waals surface area (Å²) in [7, 11) is -9.54. The van der Waals surface area contributed by atoms with Crippen LogP contribution in [0.15, 0.2) is 92.8 Å². The van der Waals surface area contributed by atoms with Crippen LogP contribution in [0.1, 0.15) is 32.8 Å². The molecule has 0 atom stereocenters. The van der Waals surface area contributed by atoms with Crippen LogP contribution in [-0.4, -0.2) is 90.2 Å². The average molecular weight is 617 g/mol. The molecule has 0 aromatic heterocycles. The van der Waals surface area contributed by atoms with Crippen molar-refractivity contribution in [2.75, 3.05) is 0 Å². The molecule has 0 spiro atoms. The first-order valence-corrected chi connectivity index (χ1v) is 14.6. The zero-order valence-corrected chi connectivity index (χ0v) is 28.9. The number of ether oxygens (including phenoxy) is 1. The molecule has 2 radical (unpaired) electrons. The van der Waals surface area contributed by atoms with E-state index in [4.69, 9.17) is 4.74 Å². The van der Waals surface area contributed by atoms with Crippen LogP contribution in [0.25, 0.3) is 10.8 Å². The fraction of sp³-hybridized carbons (Fsp3) is 0.185. The van der Waals surface area contributed by atoms with Gasteiger partial charge in [0.05, 0.1) is 4.90 Å². The van der Waals surface area contributed by atoms with Crippen molar-refractivity contribution in [3.8, 4) is 17.2 Å². The molecule has 206 valence electrons. The van der Waals surface area contributed by atoms with Gasteiger partial charge in [0.1, 0.15) is 22.0 Å². The van der Waals surface area contributed by atoms with Crippen molar-refractivity contribution >= 4 is 101 Å². The van der Waals surface area contributed by atoms with Crippen molar-refractivity contribution in [1.82, 2.24) is 0 Å². The molecule has 0 aliphatic carbocycles. The van der Waals surface area contributed by atoms with Gasteiger partial charge in [-0.2, -0.15) is 16.8 Å². The van der Waals surface area contributed by atoms with Gasteiger partial charge in [0, 0.05) is 64.5 Å². The largest absolute Gasteiger partial charge is 0.505 e. The van der Waals surface area contributed by atoms with Gasteiger partial charge in [-0.1, -0.05) is 45.0 Å². The molecular formula is C27H26N2Na2O8S2. The van der Waals surface area contributed by atoms with Crippen LogP contribution in [0.5, 0.6) is 17.2 Å². The maximum Gasteiger partial charge on any atom is 0.296 e. The third-order valence-corrected chi connectivity index (χ3v) is 8.19.